The number of hydrogen-bond acceptors (Lipinski definition) is 6. The lowest BCUT2D eigenvalue weighted by atomic mass is 9.68. The monoisotopic (exact) mass is 427 g/mol. The van der Waals surface area contributed by atoms with Gasteiger partial charge in [-0.1, -0.05) is 26.8 Å². The third-order valence-corrected chi connectivity index (χ3v) is 5.72. The molecular formula is C25H33NO5. The molecule has 6 nitrogen and oxygen atoms in total. The number of Topliss-reactive ketones (excluding diaryl/α,β-unsaturated/α-hetero) is 1. The Hall–Kier alpha value is -2.76. The van der Waals surface area contributed by atoms with Gasteiger partial charge in [-0.15, -0.1) is 0 Å². The van der Waals surface area contributed by atoms with E-state index in [4.69, 9.17) is 14.2 Å². The van der Waals surface area contributed by atoms with Crippen molar-refractivity contribution in [3.8, 4) is 11.5 Å². The van der Waals surface area contributed by atoms with Crippen molar-refractivity contribution in [2.45, 2.75) is 59.8 Å². The summed E-state index contributed by atoms with van der Waals surface area (Å²) in [6.07, 6.45) is 1.91. The van der Waals surface area contributed by atoms with Gasteiger partial charge in [0.2, 0.25) is 0 Å². The van der Waals surface area contributed by atoms with Crippen molar-refractivity contribution in [2.75, 3.05) is 20.3 Å². The quantitative estimate of drug-likeness (QED) is 0.639. The smallest absolute Gasteiger partial charge is 0.336 e. The second-order valence-electron chi connectivity index (χ2n) is 8.91. The maximum absolute atomic E-state index is 13.3. The molecule has 1 heterocycles. The fourth-order valence-electron chi connectivity index (χ4n) is 4.45. The summed E-state index contributed by atoms with van der Waals surface area (Å²) in [6, 6.07) is 5.60. The molecule has 0 amide bonds. The largest absolute Gasteiger partial charge is 0.493 e. The number of allylic oxidation sites excluding steroid dienone is 3. The summed E-state index contributed by atoms with van der Waals surface area (Å²) >= 11 is 0. The Morgan fingerprint density at radius 1 is 1.19 bits per heavy atom. The molecule has 3 rings (SSSR count). The first-order valence-electron chi connectivity index (χ1n) is 10.9. The van der Waals surface area contributed by atoms with Crippen molar-refractivity contribution in [1.29, 1.82) is 0 Å². The summed E-state index contributed by atoms with van der Waals surface area (Å²) in [4.78, 5) is 26.4. The predicted octanol–water partition coefficient (Wildman–Crippen LogP) is 4.65. The summed E-state index contributed by atoms with van der Waals surface area (Å²) in [5.41, 5.74) is 3.42. The van der Waals surface area contributed by atoms with E-state index in [2.05, 4.69) is 19.2 Å². The van der Waals surface area contributed by atoms with Crippen LogP contribution in [0.25, 0.3) is 0 Å². The molecule has 1 aromatic rings. The van der Waals surface area contributed by atoms with Gasteiger partial charge in [-0.25, -0.2) is 4.79 Å². The summed E-state index contributed by atoms with van der Waals surface area (Å²) in [6.45, 7) is 10.8. The topological polar surface area (TPSA) is 73.9 Å². The Kier molecular flexibility index (Phi) is 6.77. The van der Waals surface area contributed by atoms with Crippen molar-refractivity contribution < 1.29 is 23.8 Å². The zero-order valence-electron chi connectivity index (χ0n) is 19.4. The molecule has 0 fully saturated rings. The molecule has 0 saturated carbocycles. The van der Waals surface area contributed by atoms with Crippen molar-refractivity contribution in [3.63, 3.8) is 0 Å². The van der Waals surface area contributed by atoms with E-state index >= 15 is 0 Å². The molecule has 31 heavy (non-hydrogen) atoms. The van der Waals surface area contributed by atoms with Gasteiger partial charge in [0.1, 0.15) is 0 Å². The molecule has 2 aliphatic rings. The van der Waals surface area contributed by atoms with Crippen LogP contribution >= 0.6 is 0 Å². The molecule has 0 radical (unpaired) electrons. The van der Waals surface area contributed by atoms with Crippen LogP contribution in [0.15, 0.2) is 40.7 Å². The molecule has 0 bridgehead atoms. The number of rotatable bonds is 7. The molecule has 6 heteroatoms. The molecular weight excluding hydrogens is 394 g/mol. The minimum atomic E-state index is -0.506. The lowest BCUT2D eigenvalue weighted by Gasteiger charge is -2.39. The molecule has 0 spiro atoms. The number of methoxy groups -OCH3 is 1. The standard InChI is InChI=1S/C25H33NO5/c1-7-11-31-24(28)21-15(3)26-17-13-25(4,5)14-18(27)23(17)22(21)16-9-10-19(30-8-2)20(12-16)29-6/h9-10,12,22,26H,7-8,11,13-14H2,1-6H3. The first-order valence-corrected chi connectivity index (χ1v) is 10.9. The molecule has 1 aromatic carbocycles. The van der Waals surface area contributed by atoms with Crippen LogP contribution in [0.4, 0.5) is 0 Å². The predicted molar refractivity (Wildman–Crippen MR) is 119 cm³/mol. The zero-order chi connectivity index (χ0) is 22.8. The minimum Gasteiger partial charge on any atom is -0.493 e. The lowest BCUT2D eigenvalue weighted by Crippen LogP contribution is -2.38. The highest BCUT2D eigenvalue weighted by molar-refractivity contribution is 6.04. The number of esters is 1. The van der Waals surface area contributed by atoms with E-state index in [0.717, 1.165) is 29.8 Å². The Morgan fingerprint density at radius 2 is 1.94 bits per heavy atom. The summed E-state index contributed by atoms with van der Waals surface area (Å²) in [5.74, 6) is 0.360. The van der Waals surface area contributed by atoms with Gasteiger partial charge in [0.25, 0.3) is 0 Å². The highest BCUT2D eigenvalue weighted by Crippen LogP contribution is 2.47. The van der Waals surface area contributed by atoms with E-state index in [0.29, 0.717) is 42.3 Å². The van der Waals surface area contributed by atoms with Gasteiger partial charge < -0.3 is 19.5 Å². The van der Waals surface area contributed by atoms with Gasteiger partial charge in [-0.05, 0) is 49.8 Å². The second-order valence-corrected chi connectivity index (χ2v) is 8.91. The van der Waals surface area contributed by atoms with Gasteiger partial charge in [-0.2, -0.15) is 0 Å². The maximum atomic E-state index is 13.3. The Morgan fingerprint density at radius 3 is 2.58 bits per heavy atom. The normalized spacial score (nSPS) is 20.2. The Bertz CT molecular complexity index is 941. The molecule has 168 valence electrons. The number of nitrogens with one attached hydrogen (secondary N) is 1. The first kappa shape index (κ1) is 22.9. The van der Waals surface area contributed by atoms with Crippen LogP contribution in [-0.2, 0) is 14.3 Å². The number of benzene rings is 1. The number of ketones is 1. The lowest BCUT2D eigenvalue weighted by molar-refractivity contribution is -0.139. The molecule has 0 aromatic heterocycles. The highest BCUT2D eigenvalue weighted by Gasteiger charge is 2.43. The Labute approximate surface area is 184 Å². The number of carbonyl (C=O) groups is 2. The summed E-state index contributed by atoms with van der Waals surface area (Å²) in [7, 11) is 1.58. The van der Waals surface area contributed by atoms with Crippen LogP contribution in [0.3, 0.4) is 0 Å². The minimum absolute atomic E-state index is 0.0601. The van der Waals surface area contributed by atoms with Gasteiger partial charge in [0.15, 0.2) is 17.3 Å². The van der Waals surface area contributed by atoms with Gasteiger partial charge in [0.05, 0.1) is 25.9 Å². The summed E-state index contributed by atoms with van der Waals surface area (Å²) < 4.78 is 16.7. The van der Waals surface area contributed by atoms with Crippen LogP contribution in [0.1, 0.15) is 65.4 Å². The Balaban J connectivity index is 2.16. The number of ether oxygens (including phenoxy) is 3. The highest BCUT2D eigenvalue weighted by atomic mass is 16.5. The van der Waals surface area contributed by atoms with E-state index in [1.165, 1.54) is 0 Å². The molecule has 1 N–H and O–H groups in total. The zero-order valence-corrected chi connectivity index (χ0v) is 19.4. The third kappa shape index (κ3) is 4.63. The fourth-order valence-corrected chi connectivity index (χ4v) is 4.45. The number of hydrogen-bond donors (Lipinski definition) is 1. The van der Waals surface area contributed by atoms with E-state index in [1.54, 1.807) is 7.11 Å². The average molecular weight is 428 g/mol. The van der Waals surface area contributed by atoms with Gasteiger partial charge >= 0.3 is 5.97 Å². The number of carbonyl (C=O) groups excluding carboxylic acids is 2. The van der Waals surface area contributed by atoms with Crippen LogP contribution in [0, 0.1) is 5.41 Å². The fraction of sp³-hybridized carbons (Fsp3) is 0.520. The second kappa shape index (κ2) is 9.16. The van der Waals surface area contributed by atoms with E-state index < -0.39 is 11.9 Å². The molecule has 1 atom stereocenters. The maximum Gasteiger partial charge on any atom is 0.336 e. The molecule has 0 saturated heterocycles. The van der Waals surface area contributed by atoms with Crippen molar-refractivity contribution >= 4 is 11.8 Å². The molecule has 1 unspecified atom stereocenters. The molecule has 1 aliphatic carbocycles. The summed E-state index contributed by atoms with van der Waals surface area (Å²) in [5, 5.41) is 3.35. The van der Waals surface area contributed by atoms with E-state index in [1.807, 2.05) is 39.0 Å². The van der Waals surface area contributed by atoms with Gasteiger partial charge in [-0.3, -0.25) is 4.79 Å². The van der Waals surface area contributed by atoms with Crippen molar-refractivity contribution in [2.24, 2.45) is 5.41 Å². The average Bonchev–Trinajstić information content (AvgIpc) is 2.70. The van der Waals surface area contributed by atoms with Crippen molar-refractivity contribution in [3.05, 3.63) is 46.3 Å². The molecule has 1 aliphatic heterocycles. The van der Waals surface area contributed by atoms with Gasteiger partial charge in [0, 0.05) is 29.3 Å². The van der Waals surface area contributed by atoms with Crippen LogP contribution in [0.5, 0.6) is 11.5 Å². The van der Waals surface area contributed by atoms with E-state index in [-0.39, 0.29) is 11.2 Å². The van der Waals surface area contributed by atoms with E-state index in [9.17, 15) is 9.59 Å². The SMILES string of the molecule is CCCOC(=O)C1=C(C)NC2=C(C(=O)CC(C)(C)C2)C1c1ccc(OCC)c(OC)c1. The van der Waals surface area contributed by atoms with Crippen LogP contribution in [-0.4, -0.2) is 32.1 Å². The first-order chi connectivity index (χ1) is 14.7. The van der Waals surface area contributed by atoms with Crippen LogP contribution < -0.4 is 14.8 Å². The third-order valence-electron chi connectivity index (χ3n) is 5.72. The van der Waals surface area contributed by atoms with Crippen molar-refractivity contribution in [1.82, 2.24) is 5.32 Å². The van der Waals surface area contributed by atoms with Crippen LogP contribution in [0.2, 0.25) is 0 Å². The number of dihydropyridines is 1.